The number of methoxy groups -OCH3 is 1. The first-order valence-corrected chi connectivity index (χ1v) is 10.3. The van der Waals surface area contributed by atoms with Crippen LogP contribution in [0.5, 0.6) is 5.75 Å². The summed E-state index contributed by atoms with van der Waals surface area (Å²) in [4.78, 5) is 21.9. The van der Waals surface area contributed by atoms with Gasteiger partial charge in [-0.3, -0.25) is 9.69 Å². The standard InChI is InChI=1S/C20H22BrN3O2S/c1-23(2)11-6-12-24(19(25)15-7-4-5-8-16(15)21)20-22-17-13-14(26-3)9-10-18(17)27-20/h4-5,7-10,13H,6,11-12H2,1-3H3. The number of carbonyl (C=O) groups is 1. The zero-order valence-electron chi connectivity index (χ0n) is 15.6. The third kappa shape index (κ3) is 4.66. The van der Waals surface area contributed by atoms with Crippen LogP contribution in [0.1, 0.15) is 16.8 Å². The van der Waals surface area contributed by atoms with Gasteiger partial charge in [-0.2, -0.15) is 0 Å². The van der Waals surface area contributed by atoms with E-state index in [0.29, 0.717) is 17.2 Å². The summed E-state index contributed by atoms with van der Waals surface area (Å²) in [6.45, 7) is 1.51. The first kappa shape index (κ1) is 19.8. The number of hydrogen-bond acceptors (Lipinski definition) is 5. The van der Waals surface area contributed by atoms with E-state index in [9.17, 15) is 4.79 Å². The highest BCUT2D eigenvalue weighted by atomic mass is 79.9. The van der Waals surface area contributed by atoms with E-state index in [1.807, 2.05) is 56.6 Å². The van der Waals surface area contributed by atoms with Crippen molar-refractivity contribution in [2.45, 2.75) is 6.42 Å². The van der Waals surface area contributed by atoms with Crippen LogP contribution in [0.25, 0.3) is 10.2 Å². The normalized spacial score (nSPS) is 11.1. The lowest BCUT2D eigenvalue weighted by molar-refractivity contribution is 0.0985. The second-order valence-electron chi connectivity index (χ2n) is 6.42. The lowest BCUT2D eigenvalue weighted by Crippen LogP contribution is -2.33. The number of benzene rings is 2. The number of fused-ring (bicyclic) bond motifs is 1. The summed E-state index contributed by atoms with van der Waals surface area (Å²) in [7, 11) is 5.70. The molecule has 7 heteroatoms. The van der Waals surface area contributed by atoms with Gasteiger partial charge in [0.1, 0.15) is 5.75 Å². The fraction of sp³-hybridized carbons (Fsp3) is 0.300. The highest BCUT2D eigenvalue weighted by Crippen LogP contribution is 2.32. The van der Waals surface area contributed by atoms with E-state index in [4.69, 9.17) is 9.72 Å². The van der Waals surface area contributed by atoms with Crippen molar-refractivity contribution in [3.8, 4) is 5.75 Å². The number of aromatic nitrogens is 1. The average Bonchev–Trinajstić information content (AvgIpc) is 3.07. The molecule has 1 amide bonds. The lowest BCUT2D eigenvalue weighted by atomic mass is 10.2. The topological polar surface area (TPSA) is 45.7 Å². The van der Waals surface area contributed by atoms with Gasteiger partial charge in [0.15, 0.2) is 5.13 Å². The monoisotopic (exact) mass is 447 g/mol. The number of amides is 1. The Hall–Kier alpha value is -1.96. The summed E-state index contributed by atoms with van der Waals surface area (Å²) in [6.07, 6.45) is 0.864. The molecule has 142 valence electrons. The summed E-state index contributed by atoms with van der Waals surface area (Å²) in [5.41, 5.74) is 1.48. The highest BCUT2D eigenvalue weighted by molar-refractivity contribution is 9.10. The van der Waals surface area contributed by atoms with Gasteiger partial charge in [0.25, 0.3) is 5.91 Å². The summed E-state index contributed by atoms with van der Waals surface area (Å²) < 4.78 is 7.11. The summed E-state index contributed by atoms with van der Waals surface area (Å²) in [5.74, 6) is 0.711. The second kappa shape index (κ2) is 8.82. The van der Waals surface area contributed by atoms with Gasteiger partial charge >= 0.3 is 0 Å². The minimum Gasteiger partial charge on any atom is -0.497 e. The Morgan fingerprint density at radius 1 is 1.19 bits per heavy atom. The van der Waals surface area contributed by atoms with E-state index >= 15 is 0 Å². The Morgan fingerprint density at radius 3 is 2.67 bits per heavy atom. The number of anilines is 1. The smallest absolute Gasteiger partial charge is 0.261 e. The zero-order valence-corrected chi connectivity index (χ0v) is 18.0. The van der Waals surface area contributed by atoms with Gasteiger partial charge in [-0.1, -0.05) is 23.5 Å². The molecular formula is C20H22BrN3O2S. The molecule has 0 fully saturated rings. The SMILES string of the molecule is COc1ccc2sc(N(CCCN(C)C)C(=O)c3ccccc3Br)nc2c1. The molecule has 0 unspecified atom stereocenters. The summed E-state index contributed by atoms with van der Waals surface area (Å²) in [5, 5.41) is 0.706. The molecule has 0 spiro atoms. The molecule has 3 aromatic rings. The maximum absolute atomic E-state index is 13.3. The minimum absolute atomic E-state index is 0.0488. The molecule has 0 saturated heterocycles. The molecule has 0 radical (unpaired) electrons. The molecule has 0 saturated carbocycles. The number of ether oxygens (including phenoxy) is 1. The van der Waals surface area contributed by atoms with E-state index in [1.165, 1.54) is 11.3 Å². The third-order valence-corrected chi connectivity index (χ3v) is 5.90. The number of hydrogen-bond donors (Lipinski definition) is 0. The van der Waals surface area contributed by atoms with Crippen molar-refractivity contribution in [2.24, 2.45) is 0 Å². The molecule has 2 aromatic carbocycles. The van der Waals surface area contributed by atoms with E-state index in [-0.39, 0.29) is 5.91 Å². The first-order valence-electron chi connectivity index (χ1n) is 8.65. The molecule has 0 N–H and O–H groups in total. The molecule has 3 rings (SSSR count). The summed E-state index contributed by atoms with van der Waals surface area (Å²) >= 11 is 5.02. The molecule has 0 aliphatic carbocycles. The van der Waals surface area contributed by atoms with Gasteiger partial charge < -0.3 is 9.64 Å². The Labute approximate surface area is 171 Å². The van der Waals surface area contributed by atoms with Crippen molar-refractivity contribution in [2.75, 3.05) is 39.2 Å². The van der Waals surface area contributed by atoms with E-state index < -0.39 is 0 Å². The van der Waals surface area contributed by atoms with E-state index in [1.54, 1.807) is 12.0 Å². The van der Waals surface area contributed by atoms with Gasteiger partial charge in [0, 0.05) is 17.1 Å². The zero-order chi connectivity index (χ0) is 19.4. The fourth-order valence-corrected chi connectivity index (χ4v) is 4.17. The number of thiazole rings is 1. The number of nitrogens with zero attached hydrogens (tertiary/aromatic N) is 3. The van der Waals surface area contributed by atoms with Crippen molar-refractivity contribution in [3.63, 3.8) is 0 Å². The van der Waals surface area contributed by atoms with Gasteiger partial charge in [0.05, 0.1) is 22.9 Å². The Balaban J connectivity index is 1.96. The molecule has 5 nitrogen and oxygen atoms in total. The van der Waals surface area contributed by atoms with Gasteiger partial charge in [0.2, 0.25) is 0 Å². The van der Waals surface area contributed by atoms with E-state index in [0.717, 1.165) is 33.4 Å². The van der Waals surface area contributed by atoms with Crippen LogP contribution in [0.4, 0.5) is 5.13 Å². The van der Waals surface area contributed by atoms with Crippen LogP contribution in [-0.4, -0.2) is 50.1 Å². The maximum Gasteiger partial charge on any atom is 0.261 e. The van der Waals surface area contributed by atoms with Crippen molar-refractivity contribution in [1.82, 2.24) is 9.88 Å². The first-order chi connectivity index (χ1) is 13.0. The Morgan fingerprint density at radius 2 is 1.96 bits per heavy atom. The highest BCUT2D eigenvalue weighted by Gasteiger charge is 2.22. The molecular weight excluding hydrogens is 426 g/mol. The molecule has 0 bridgehead atoms. The molecule has 1 heterocycles. The number of carbonyl (C=O) groups excluding carboxylic acids is 1. The van der Waals surface area contributed by atoms with Crippen LogP contribution < -0.4 is 9.64 Å². The molecule has 1 aromatic heterocycles. The quantitative estimate of drug-likeness (QED) is 0.527. The van der Waals surface area contributed by atoms with Crippen LogP contribution in [0.15, 0.2) is 46.9 Å². The number of halogens is 1. The van der Waals surface area contributed by atoms with Crippen LogP contribution >= 0.6 is 27.3 Å². The van der Waals surface area contributed by atoms with Gasteiger partial charge in [-0.25, -0.2) is 4.98 Å². The van der Waals surface area contributed by atoms with Crippen LogP contribution in [0.3, 0.4) is 0 Å². The minimum atomic E-state index is -0.0488. The van der Waals surface area contributed by atoms with Crippen molar-refractivity contribution < 1.29 is 9.53 Å². The second-order valence-corrected chi connectivity index (χ2v) is 8.29. The number of rotatable bonds is 7. The van der Waals surface area contributed by atoms with Crippen LogP contribution in [0.2, 0.25) is 0 Å². The lowest BCUT2D eigenvalue weighted by Gasteiger charge is -2.21. The predicted molar refractivity (Wildman–Crippen MR) is 115 cm³/mol. The third-order valence-electron chi connectivity index (χ3n) is 4.15. The van der Waals surface area contributed by atoms with Gasteiger partial charge in [-0.05, 0) is 67.3 Å². The fourth-order valence-electron chi connectivity index (χ4n) is 2.75. The Kier molecular flexibility index (Phi) is 6.46. The predicted octanol–water partition coefficient (Wildman–Crippen LogP) is 4.67. The molecule has 27 heavy (non-hydrogen) atoms. The van der Waals surface area contributed by atoms with Crippen molar-refractivity contribution in [3.05, 3.63) is 52.5 Å². The van der Waals surface area contributed by atoms with E-state index in [2.05, 4.69) is 20.8 Å². The Bertz CT molecular complexity index is 942. The van der Waals surface area contributed by atoms with Crippen LogP contribution in [0, 0.1) is 0 Å². The summed E-state index contributed by atoms with van der Waals surface area (Å²) in [6, 6.07) is 13.3. The molecule has 0 atom stereocenters. The molecule has 0 aliphatic rings. The van der Waals surface area contributed by atoms with Gasteiger partial charge in [-0.15, -0.1) is 0 Å². The van der Waals surface area contributed by atoms with Crippen molar-refractivity contribution in [1.29, 1.82) is 0 Å². The van der Waals surface area contributed by atoms with Crippen molar-refractivity contribution >= 4 is 48.5 Å². The maximum atomic E-state index is 13.3. The molecule has 0 aliphatic heterocycles. The largest absolute Gasteiger partial charge is 0.497 e. The van der Waals surface area contributed by atoms with Crippen LogP contribution in [-0.2, 0) is 0 Å². The average molecular weight is 448 g/mol.